The monoisotopic (exact) mass is 368 g/mol. The van der Waals surface area contributed by atoms with E-state index in [0.29, 0.717) is 17.0 Å². The Kier molecular flexibility index (Phi) is 5.40. The number of esters is 1. The Morgan fingerprint density at radius 2 is 1.78 bits per heavy atom. The summed E-state index contributed by atoms with van der Waals surface area (Å²) in [6, 6.07) is 15.7. The van der Waals surface area contributed by atoms with Gasteiger partial charge in [-0.2, -0.15) is 0 Å². The molecule has 0 radical (unpaired) electrons. The number of likely N-dealkylation sites (N-methyl/N-ethyl adjacent to an activating group) is 1. The number of amides is 2. The predicted molar refractivity (Wildman–Crippen MR) is 98.1 cm³/mol. The largest absolute Gasteiger partial charge is 0.478 e. The number of ether oxygens (including phenoxy) is 2. The van der Waals surface area contributed by atoms with Crippen molar-refractivity contribution in [2.45, 2.75) is 18.6 Å². The van der Waals surface area contributed by atoms with Crippen molar-refractivity contribution in [2.75, 3.05) is 19.4 Å². The second kappa shape index (κ2) is 7.90. The van der Waals surface area contributed by atoms with Crippen molar-refractivity contribution in [3.8, 4) is 5.75 Å². The molecular weight excluding hydrogens is 348 g/mol. The number of nitrogens with one attached hydrogen (secondary N) is 1. The Labute approximate surface area is 156 Å². The van der Waals surface area contributed by atoms with Crippen LogP contribution in [0.1, 0.15) is 18.1 Å². The third kappa shape index (κ3) is 4.25. The van der Waals surface area contributed by atoms with Crippen molar-refractivity contribution >= 4 is 23.5 Å². The normalized spacial score (nSPS) is 16.4. The van der Waals surface area contributed by atoms with E-state index in [1.54, 1.807) is 68.7 Å². The number of carbonyl (C=O) groups excluding carboxylic acids is 3. The number of hydrogen-bond donors (Lipinski definition) is 1. The second-order valence-corrected chi connectivity index (χ2v) is 6.31. The standard InChI is InChI=1S/C20H20N2O5/c1-22(2)20(25)18(13-8-4-3-5-9-13)27-17(23)12-16-19(24)21-14-10-6-7-11-15(14)26-16/h3-11,16,18H,12H2,1-2H3,(H,21,24)/t16-,18-/m1/s1. The van der Waals surface area contributed by atoms with Crippen molar-refractivity contribution in [1.29, 1.82) is 0 Å². The van der Waals surface area contributed by atoms with E-state index in [1.165, 1.54) is 4.90 Å². The van der Waals surface area contributed by atoms with Gasteiger partial charge in [0.2, 0.25) is 6.10 Å². The topological polar surface area (TPSA) is 84.9 Å². The fourth-order valence-corrected chi connectivity index (χ4v) is 2.68. The van der Waals surface area contributed by atoms with Gasteiger partial charge in [0, 0.05) is 19.7 Å². The molecule has 0 aliphatic carbocycles. The second-order valence-electron chi connectivity index (χ2n) is 6.31. The molecule has 2 atom stereocenters. The van der Waals surface area contributed by atoms with Crippen LogP contribution in [0.3, 0.4) is 0 Å². The summed E-state index contributed by atoms with van der Waals surface area (Å²) in [5.41, 5.74) is 1.11. The molecule has 0 saturated carbocycles. The number of hydrogen-bond acceptors (Lipinski definition) is 5. The van der Waals surface area contributed by atoms with Gasteiger partial charge in [0.25, 0.3) is 11.8 Å². The van der Waals surface area contributed by atoms with E-state index in [2.05, 4.69) is 5.32 Å². The van der Waals surface area contributed by atoms with Crippen LogP contribution < -0.4 is 10.1 Å². The van der Waals surface area contributed by atoms with Gasteiger partial charge in [0.15, 0.2) is 6.10 Å². The summed E-state index contributed by atoms with van der Waals surface area (Å²) in [5.74, 6) is -1.01. The van der Waals surface area contributed by atoms with Crippen LogP contribution in [0.4, 0.5) is 5.69 Å². The molecule has 2 aromatic carbocycles. The molecule has 0 bridgehead atoms. The molecule has 1 aliphatic rings. The maximum atomic E-state index is 12.4. The van der Waals surface area contributed by atoms with Gasteiger partial charge in [-0.25, -0.2) is 0 Å². The van der Waals surface area contributed by atoms with E-state index in [4.69, 9.17) is 9.47 Å². The van der Waals surface area contributed by atoms with Crippen molar-refractivity contribution < 1.29 is 23.9 Å². The molecule has 27 heavy (non-hydrogen) atoms. The van der Waals surface area contributed by atoms with Gasteiger partial charge >= 0.3 is 5.97 Å². The van der Waals surface area contributed by atoms with Gasteiger partial charge in [0.1, 0.15) is 5.75 Å². The van der Waals surface area contributed by atoms with Gasteiger partial charge in [0.05, 0.1) is 12.1 Å². The van der Waals surface area contributed by atoms with E-state index in [9.17, 15) is 14.4 Å². The molecular formula is C20H20N2O5. The summed E-state index contributed by atoms with van der Waals surface area (Å²) in [5, 5.41) is 2.69. The Balaban J connectivity index is 1.71. The summed E-state index contributed by atoms with van der Waals surface area (Å²) in [6.45, 7) is 0. The van der Waals surface area contributed by atoms with Crippen LogP contribution in [0.5, 0.6) is 5.75 Å². The van der Waals surface area contributed by atoms with Crippen molar-refractivity contribution in [2.24, 2.45) is 0 Å². The zero-order valence-corrected chi connectivity index (χ0v) is 15.0. The molecule has 2 amide bonds. The minimum Gasteiger partial charge on any atom is -0.478 e. The van der Waals surface area contributed by atoms with E-state index in [1.807, 2.05) is 0 Å². The first-order valence-electron chi connectivity index (χ1n) is 8.48. The number of nitrogens with zero attached hydrogens (tertiary/aromatic N) is 1. The minimum atomic E-state index is -1.08. The Hall–Kier alpha value is -3.35. The van der Waals surface area contributed by atoms with Crippen LogP contribution in [0, 0.1) is 0 Å². The number of anilines is 1. The highest BCUT2D eigenvalue weighted by atomic mass is 16.6. The molecule has 0 fully saturated rings. The lowest BCUT2D eigenvalue weighted by Gasteiger charge is -2.26. The van der Waals surface area contributed by atoms with Crippen molar-refractivity contribution in [1.82, 2.24) is 4.90 Å². The molecule has 7 nitrogen and oxygen atoms in total. The average Bonchev–Trinajstić information content (AvgIpc) is 2.66. The molecule has 2 aromatic rings. The quantitative estimate of drug-likeness (QED) is 0.818. The molecule has 0 spiro atoms. The zero-order valence-electron chi connectivity index (χ0n) is 15.0. The Morgan fingerprint density at radius 1 is 1.11 bits per heavy atom. The van der Waals surface area contributed by atoms with E-state index >= 15 is 0 Å². The molecule has 1 heterocycles. The number of fused-ring (bicyclic) bond motifs is 1. The number of benzene rings is 2. The SMILES string of the molecule is CN(C)C(=O)[C@H](OC(=O)C[C@H]1Oc2ccccc2NC1=O)c1ccccc1. The van der Waals surface area contributed by atoms with E-state index in [-0.39, 0.29) is 12.3 Å². The van der Waals surface area contributed by atoms with Gasteiger partial charge in [-0.3, -0.25) is 14.4 Å². The smallest absolute Gasteiger partial charge is 0.311 e. The number of para-hydroxylation sites is 2. The van der Waals surface area contributed by atoms with Crippen molar-refractivity contribution in [3.05, 3.63) is 60.2 Å². The highest BCUT2D eigenvalue weighted by Crippen LogP contribution is 2.30. The van der Waals surface area contributed by atoms with Gasteiger partial charge in [-0.05, 0) is 12.1 Å². The average molecular weight is 368 g/mol. The molecule has 0 unspecified atom stereocenters. The van der Waals surface area contributed by atoms with Crippen molar-refractivity contribution in [3.63, 3.8) is 0 Å². The predicted octanol–water partition coefficient (Wildman–Crippen LogP) is 2.15. The molecule has 3 rings (SSSR count). The lowest BCUT2D eigenvalue weighted by atomic mass is 10.1. The molecule has 7 heteroatoms. The molecule has 0 aromatic heterocycles. The lowest BCUT2D eigenvalue weighted by Crippen LogP contribution is -2.39. The summed E-state index contributed by atoms with van der Waals surface area (Å²) in [4.78, 5) is 38.4. The molecule has 1 N–H and O–H groups in total. The van der Waals surface area contributed by atoms with Crippen LogP contribution in [-0.4, -0.2) is 42.9 Å². The Bertz CT molecular complexity index is 850. The first kappa shape index (κ1) is 18.4. The van der Waals surface area contributed by atoms with Crippen LogP contribution in [-0.2, 0) is 19.1 Å². The lowest BCUT2D eigenvalue weighted by molar-refractivity contribution is -0.161. The number of rotatable bonds is 5. The summed E-state index contributed by atoms with van der Waals surface area (Å²) < 4.78 is 11.0. The van der Waals surface area contributed by atoms with Crippen LogP contribution in [0.25, 0.3) is 0 Å². The van der Waals surface area contributed by atoms with Gasteiger partial charge in [-0.1, -0.05) is 42.5 Å². The molecule has 140 valence electrons. The van der Waals surface area contributed by atoms with E-state index < -0.39 is 24.1 Å². The van der Waals surface area contributed by atoms with Crippen LogP contribution in [0.2, 0.25) is 0 Å². The zero-order chi connectivity index (χ0) is 19.4. The summed E-state index contributed by atoms with van der Waals surface area (Å²) in [7, 11) is 3.17. The fraction of sp³-hybridized carbons (Fsp3) is 0.250. The summed E-state index contributed by atoms with van der Waals surface area (Å²) >= 11 is 0. The van der Waals surface area contributed by atoms with Gasteiger partial charge < -0.3 is 19.7 Å². The van der Waals surface area contributed by atoms with E-state index in [0.717, 1.165) is 0 Å². The molecule has 0 saturated heterocycles. The first-order chi connectivity index (χ1) is 13.0. The minimum absolute atomic E-state index is 0.301. The first-order valence-corrected chi connectivity index (χ1v) is 8.48. The number of carbonyl (C=O) groups is 3. The fourth-order valence-electron chi connectivity index (χ4n) is 2.68. The van der Waals surface area contributed by atoms with Gasteiger partial charge in [-0.15, -0.1) is 0 Å². The Morgan fingerprint density at radius 3 is 2.48 bits per heavy atom. The molecule has 1 aliphatic heterocycles. The highest BCUT2D eigenvalue weighted by molar-refractivity contribution is 5.99. The van der Waals surface area contributed by atoms with Crippen LogP contribution in [0.15, 0.2) is 54.6 Å². The maximum Gasteiger partial charge on any atom is 0.311 e. The van der Waals surface area contributed by atoms with Crippen LogP contribution >= 0.6 is 0 Å². The summed E-state index contributed by atoms with van der Waals surface area (Å²) in [6.07, 6.45) is -2.39. The maximum absolute atomic E-state index is 12.4. The third-order valence-corrected chi connectivity index (χ3v) is 4.08. The highest BCUT2D eigenvalue weighted by Gasteiger charge is 2.33. The third-order valence-electron chi connectivity index (χ3n) is 4.08.